The number of aliphatic hydroxyl groups is 1. The number of allylic oxidation sites excluding steroid dienone is 1. The largest absolute Gasteiger partial charge is 0.507 e. The molecule has 29 heavy (non-hydrogen) atoms. The van der Waals surface area contributed by atoms with Crippen LogP contribution >= 0.6 is 0 Å². The Labute approximate surface area is 167 Å². The van der Waals surface area contributed by atoms with Gasteiger partial charge in [-0.1, -0.05) is 13.8 Å². The smallest absolute Gasteiger partial charge is 0.305 e. The summed E-state index contributed by atoms with van der Waals surface area (Å²) in [5.41, 5.74) is 0.529. The number of phenolic OH excluding ortho intramolecular Hbond substituents is 1. The Morgan fingerprint density at radius 1 is 1.28 bits per heavy atom. The van der Waals surface area contributed by atoms with Gasteiger partial charge in [-0.15, -0.1) is 0 Å². The number of hydrogen-bond donors (Lipinski definition) is 3. The zero-order valence-corrected chi connectivity index (χ0v) is 16.4. The molecule has 0 fully saturated rings. The third kappa shape index (κ3) is 3.77. The number of carbonyl (C=O) groups excluding carboxylic acids is 2. The van der Waals surface area contributed by atoms with Gasteiger partial charge in [-0.3, -0.25) is 14.4 Å². The Morgan fingerprint density at radius 3 is 2.62 bits per heavy atom. The normalized spacial score (nSPS) is 19.7. The lowest BCUT2D eigenvalue weighted by Crippen LogP contribution is -2.32. The van der Waals surface area contributed by atoms with Crippen LogP contribution in [0.2, 0.25) is 0 Å². The van der Waals surface area contributed by atoms with Gasteiger partial charge in [0.15, 0.2) is 11.5 Å². The van der Waals surface area contributed by atoms with Gasteiger partial charge in [0.25, 0.3) is 0 Å². The Balaban J connectivity index is 2.05. The van der Waals surface area contributed by atoms with E-state index in [4.69, 9.17) is 14.6 Å². The predicted octanol–water partition coefficient (Wildman–Crippen LogP) is 2.70. The van der Waals surface area contributed by atoms with E-state index in [0.29, 0.717) is 30.6 Å². The number of aliphatic carboxylic acids is 1. The van der Waals surface area contributed by atoms with E-state index in [-0.39, 0.29) is 36.1 Å². The first kappa shape index (κ1) is 21.0. The van der Waals surface area contributed by atoms with Crippen LogP contribution in [0, 0.1) is 0 Å². The first-order valence-electron chi connectivity index (χ1n) is 9.65. The number of Topliss-reactive ketones (excluding diaryl/α,β-unsaturated/α-hetero) is 2. The van der Waals surface area contributed by atoms with Crippen molar-refractivity contribution in [1.82, 2.24) is 0 Å². The Bertz CT molecular complexity index is 898. The minimum Gasteiger partial charge on any atom is -0.507 e. The van der Waals surface area contributed by atoms with Crippen molar-refractivity contribution in [2.24, 2.45) is 0 Å². The number of aromatic hydroxyl groups is 1. The molecule has 0 radical (unpaired) electrons. The molecule has 0 aromatic heterocycles. The molecule has 0 bridgehead atoms. The van der Waals surface area contributed by atoms with Crippen molar-refractivity contribution in [3.8, 4) is 5.75 Å². The summed E-state index contributed by atoms with van der Waals surface area (Å²) >= 11 is 0. The molecule has 1 aliphatic carbocycles. The molecule has 3 N–H and O–H groups in total. The van der Waals surface area contributed by atoms with Crippen LogP contribution in [0.1, 0.15) is 65.0 Å². The summed E-state index contributed by atoms with van der Waals surface area (Å²) in [6, 6.07) is 1.50. The summed E-state index contributed by atoms with van der Waals surface area (Å²) in [7, 11) is 0. The number of phenols is 1. The van der Waals surface area contributed by atoms with E-state index < -0.39 is 41.3 Å². The molecule has 0 spiro atoms. The third-order valence-electron chi connectivity index (χ3n) is 5.21. The highest BCUT2D eigenvalue weighted by atomic mass is 16.5. The van der Waals surface area contributed by atoms with Crippen molar-refractivity contribution in [2.75, 3.05) is 6.61 Å². The average molecular weight is 404 g/mol. The second-order valence-electron chi connectivity index (χ2n) is 7.21. The molecule has 2 unspecified atom stereocenters. The second-order valence-corrected chi connectivity index (χ2v) is 7.21. The molecule has 156 valence electrons. The van der Waals surface area contributed by atoms with Gasteiger partial charge in [-0.2, -0.15) is 0 Å². The summed E-state index contributed by atoms with van der Waals surface area (Å²) < 4.78 is 11.1. The number of benzene rings is 1. The number of carbonyl (C=O) groups is 3. The molecule has 2 aliphatic rings. The zero-order chi connectivity index (χ0) is 21.3. The molecule has 0 saturated heterocycles. The van der Waals surface area contributed by atoms with Gasteiger partial charge in [0, 0.05) is 17.7 Å². The fourth-order valence-corrected chi connectivity index (χ4v) is 3.80. The van der Waals surface area contributed by atoms with Crippen LogP contribution in [0.5, 0.6) is 5.75 Å². The highest BCUT2D eigenvalue weighted by Crippen LogP contribution is 2.40. The van der Waals surface area contributed by atoms with Gasteiger partial charge in [-0.25, -0.2) is 0 Å². The lowest BCUT2D eigenvalue weighted by molar-refractivity contribution is -0.140. The molecular formula is C21H24O8. The Morgan fingerprint density at radius 2 is 2.00 bits per heavy atom. The minimum atomic E-state index is -1.01. The Hall–Kier alpha value is -2.71. The van der Waals surface area contributed by atoms with Crippen LogP contribution in [0.25, 0.3) is 0 Å². The SMILES string of the molecule is CCCOC(CC)C1=C(O)C(=O)c2c(cc3c(c2O)COC(CC(=O)O)C3)C1=O. The van der Waals surface area contributed by atoms with Crippen molar-refractivity contribution in [3.05, 3.63) is 39.7 Å². The van der Waals surface area contributed by atoms with E-state index in [1.165, 1.54) is 6.07 Å². The number of carboxylic acid groups (broad SMARTS) is 1. The lowest BCUT2D eigenvalue weighted by Gasteiger charge is -2.29. The topological polar surface area (TPSA) is 130 Å². The van der Waals surface area contributed by atoms with E-state index in [1.807, 2.05) is 6.92 Å². The van der Waals surface area contributed by atoms with Crippen molar-refractivity contribution < 1.29 is 39.2 Å². The van der Waals surface area contributed by atoms with Crippen molar-refractivity contribution in [3.63, 3.8) is 0 Å². The first-order chi connectivity index (χ1) is 13.8. The van der Waals surface area contributed by atoms with E-state index in [9.17, 15) is 24.6 Å². The molecule has 8 heteroatoms. The summed E-state index contributed by atoms with van der Waals surface area (Å²) in [6.07, 6.45) is -0.244. The number of hydrogen-bond acceptors (Lipinski definition) is 7. The molecule has 0 amide bonds. The predicted molar refractivity (Wildman–Crippen MR) is 101 cm³/mol. The van der Waals surface area contributed by atoms with Gasteiger partial charge >= 0.3 is 5.97 Å². The van der Waals surface area contributed by atoms with Gasteiger partial charge in [0.05, 0.1) is 36.4 Å². The highest BCUT2D eigenvalue weighted by Gasteiger charge is 2.40. The summed E-state index contributed by atoms with van der Waals surface area (Å²) in [5.74, 6) is -3.53. The van der Waals surface area contributed by atoms with Crippen LogP contribution in [0.3, 0.4) is 0 Å². The van der Waals surface area contributed by atoms with Crippen molar-refractivity contribution >= 4 is 17.5 Å². The van der Waals surface area contributed by atoms with Crippen LogP contribution in [0.15, 0.2) is 17.4 Å². The van der Waals surface area contributed by atoms with Crippen molar-refractivity contribution in [1.29, 1.82) is 0 Å². The zero-order valence-electron chi connectivity index (χ0n) is 16.4. The summed E-state index contributed by atoms with van der Waals surface area (Å²) in [6.45, 7) is 3.98. The molecule has 1 heterocycles. The number of carboxylic acids is 1. The standard InChI is InChI=1S/C21H24O8/c1-3-5-28-14(4-2)17-18(24)12-7-10-6-11(8-15(22)23)29-9-13(10)19(25)16(12)20(26)21(17)27/h7,11,14,25,27H,3-6,8-9H2,1-2H3,(H,22,23). The number of rotatable bonds is 7. The fraction of sp³-hybridized carbons (Fsp3) is 0.476. The number of ether oxygens (including phenoxy) is 2. The monoisotopic (exact) mass is 404 g/mol. The van der Waals surface area contributed by atoms with E-state index in [2.05, 4.69) is 0 Å². The molecule has 1 aromatic rings. The fourth-order valence-electron chi connectivity index (χ4n) is 3.80. The van der Waals surface area contributed by atoms with Crippen LogP contribution < -0.4 is 0 Å². The molecule has 2 atom stereocenters. The number of fused-ring (bicyclic) bond motifs is 2. The molecule has 0 saturated carbocycles. The maximum Gasteiger partial charge on any atom is 0.305 e. The second kappa shape index (κ2) is 8.34. The molecular weight excluding hydrogens is 380 g/mol. The highest BCUT2D eigenvalue weighted by molar-refractivity contribution is 6.27. The van der Waals surface area contributed by atoms with Gasteiger partial charge < -0.3 is 24.8 Å². The van der Waals surface area contributed by atoms with Gasteiger partial charge in [-0.05, 0) is 30.9 Å². The van der Waals surface area contributed by atoms with Crippen LogP contribution in [0.4, 0.5) is 0 Å². The molecule has 3 rings (SSSR count). The first-order valence-corrected chi connectivity index (χ1v) is 9.65. The number of ketones is 2. The molecule has 8 nitrogen and oxygen atoms in total. The van der Waals surface area contributed by atoms with Crippen molar-refractivity contribution in [2.45, 2.75) is 58.3 Å². The van der Waals surface area contributed by atoms with E-state index >= 15 is 0 Å². The number of aliphatic hydroxyl groups excluding tert-OH is 1. The molecule has 1 aliphatic heterocycles. The van der Waals surface area contributed by atoms with E-state index in [1.54, 1.807) is 6.92 Å². The van der Waals surface area contributed by atoms with Crippen LogP contribution in [-0.4, -0.2) is 51.7 Å². The average Bonchev–Trinajstić information content (AvgIpc) is 2.68. The molecule has 1 aromatic carbocycles. The third-order valence-corrected chi connectivity index (χ3v) is 5.21. The minimum absolute atomic E-state index is 0.00595. The van der Waals surface area contributed by atoms with Crippen LogP contribution in [-0.2, 0) is 27.3 Å². The quantitative estimate of drug-likeness (QED) is 0.632. The maximum absolute atomic E-state index is 13.1. The maximum atomic E-state index is 13.1. The van der Waals surface area contributed by atoms with E-state index in [0.717, 1.165) is 0 Å². The lowest BCUT2D eigenvalue weighted by atomic mass is 9.81. The van der Waals surface area contributed by atoms with Gasteiger partial charge in [0.2, 0.25) is 5.78 Å². The van der Waals surface area contributed by atoms with Gasteiger partial charge in [0.1, 0.15) is 5.75 Å². The Kier molecular flexibility index (Phi) is 6.04. The summed E-state index contributed by atoms with van der Waals surface area (Å²) in [4.78, 5) is 36.9. The summed E-state index contributed by atoms with van der Waals surface area (Å²) in [5, 5.41) is 30.1.